The van der Waals surface area contributed by atoms with E-state index in [-0.39, 0.29) is 18.0 Å². The van der Waals surface area contributed by atoms with Gasteiger partial charge in [-0.25, -0.2) is 4.39 Å². The second kappa shape index (κ2) is 4.69. The summed E-state index contributed by atoms with van der Waals surface area (Å²) < 4.78 is 14.1. The van der Waals surface area contributed by atoms with Crippen molar-refractivity contribution in [1.29, 1.82) is 0 Å². The predicted molar refractivity (Wildman–Crippen MR) is 69.1 cm³/mol. The summed E-state index contributed by atoms with van der Waals surface area (Å²) in [5, 5.41) is 9.70. The summed E-state index contributed by atoms with van der Waals surface area (Å²) in [6.45, 7) is 1.24. The zero-order valence-corrected chi connectivity index (χ0v) is 10.8. The Bertz CT molecular complexity index is 487. The molecule has 102 valence electrons. The number of carbonyl (C=O) groups excluding carboxylic acids is 1. The summed E-state index contributed by atoms with van der Waals surface area (Å²) in [4.78, 5) is 13.5. The fraction of sp³-hybridized carbons (Fsp3) is 0.533. The van der Waals surface area contributed by atoms with Crippen LogP contribution in [0.3, 0.4) is 0 Å². The van der Waals surface area contributed by atoms with Crippen molar-refractivity contribution in [3.05, 3.63) is 35.6 Å². The highest BCUT2D eigenvalue weighted by Gasteiger charge is 2.53. The lowest BCUT2D eigenvalue weighted by atomic mass is 9.89. The fourth-order valence-electron chi connectivity index (χ4n) is 3.17. The highest BCUT2D eigenvalue weighted by atomic mass is 19.1. The Labute approximate surface area is 112 Å². The average molecular weight is 263 g/mol. The minimum Gasteiger partial charge on any atom is -0.392 e. The van der Waals surface area contributed by atoms with E-state index in [1.54, 1.807) is 18.2 Å². The molecule has 2 unspecified atom stereocenters. The van der Waals surface area contributed by atoms with Gasteiger partial charge in [-0.05, 0) is 25.3 Å². The second-order valence-electron chi connectivity index (χ2n) is 5.71. The Balaban J connectivity index is 1.98. The van der Waals surface area contributed by atoms with E-state index in [9.17, 15) is 14.3 Å². The van der Waals surface area contributed by atoms with Crippen LogP contribution in [0.2, 0.25) is 0 Å². The number of carbonyl (C=O) groups is 1. The zero-order valence-electron chi connectivity index (χ0n) is 10.8. The van der Waals surface area contributed by atoms with E-state index < -0.39 is 5.41 Å². The second-order valence-corrected chi connectivity index (χ2v) is 5.71. The minimum atomic E-state index is -0.452. The molecule has 1 aliphatic heterocycles. The lowest BCUT2D eigenvalue weighted by Gasteiger charge is -2.32. The van der Waals surface area contributed by atoms with Crippen molar-refractivity contribution in [3.63, 3.8) is 0 Å². The minimum absolute atomic E-state index is 0.233. The maximum Gasteiger partial charge on any atom is 0.128 e. The number of rotatable bonds is 4. The summed E-state index contributed by atoms with van der Waals surface area (Å²) in [5.74, 6) is -0.262. The van der Waals surface area contributed by atoms with E-state index in [1.807, 2.05) is 0 Å². The summed E-state index contributed by atoms with van der Waals surface area (Å²) in [7, 11) is 0. The molecule has 2 atom stereocenters. The van der Waals surface area contributed by atoms with Crippen LogP contribution in [0.25, 0.3) is 0 Å². The van der Waals surface area contributed by atoms with Crippen molar-refractivity contribution < 1.29 is 14.3 Å². The van der Waals surface area contributed by atoms with E-state index in [1.165, 1.54) is 6.07 Å². The first kappa shape index (κ1) is 12.8. The smallest absolute Gasteiger partial charge is 0.128 e. The molecule has 0 radical (unpaired) electrons. The normalized spacial score (nSPS) is 27.2. The first-order valence-electron chi connectivity index (χ1n) is 6.79. The fourth-order valence-corrected chi connectivity index (χ4v) is 3.17. The number of nitrogens with zero attached hydrogens (tertiary/aromatic N) is 1. The highest BCUT2D eigenvalue weighted by molar-refractivity contribution is 5.66. The molecule has 1 aromatic rings. The monoisotopic (exact) mass is 263 g/mol. The Morgan fingerprint density at radius 1 is 1.42 bits per heavy atom. The van der Waals surface area contributed by atoms with Gasteiger partial charge in [0.15, 0.2) is 0 Å². The third kappa shape index (κ3) is 2.19. The van der Waals surface area contributed by atoms with Gasteiger partial charge in [-0.2, -0.15) is 0 Å². The molecule has 1 aliphatic carbocycles. The van der Waals surface area contributed by atoms with Crippen LogP contribution in [0.5, 0.6) is 0 Å². The average Bonchev–Trinajstić information content (AvgIpc) is 3.08. The van der Waals surface area contributed by atoms with Crippen LogP contribution in [0.1, 0.15) is 30.9 Å². The molecule has 0 spiro atoms. The van der Waals surface area contributed by atoms with Crippen molar-refractivity contribution in [2.75, 3.05) is 13.1 Å². The Hall–Kier alpha value is -1.26. The molecule has 1 aromatic carbocycles. The van der Waals surface area contributed by atoms with Crippen LogP contribution in [0.15, 0.2) is 24.3 Å². The number of halogens is 1. The lowest BCUT2D eigenvalue weighted by molar-refractivity contribution is -0.114. The van der Waals surface area contributed by atoms with Crippen LogP contribution in [-0.4, -0.2) is 35.5 Å². The standard InChI is InChI=1S/C15H18FNO2/c16-13-4-2-1-3-12(13)14(15(10-18)6-7-15)17-8-5-11(19)9-17/h1-4,10-11,14,19H,5-9H2. The molecule has 1 heterocycles. The molecular weight excluding hydrogens is 245 g/mol. The van der Waals surface area contributed by atoms with Crippen molar-refractivity contribution in [3.8, 4) is 0 Å². The Kier molecular flexibility index (Phi) is 3.15. The van der Waals surface area contributed by atoms with Gasteiger partial charge < -0.3 is 9.90 Å². The number of benzene rings is 1. The van der Waals surface area contributed by atoms with Gasteiger partial charge in [0.25, 0.3) is 0 Å². The molecular formula is C15H18FNO2. The summed E-state index contributed by atoms with van der Waals surface area (Å²) in [6, 6.07) is 6.43. The van der Waals surface area contributed by atoms with Gasteiger partial charge in [0.1, 0.15) is 12.1 Å². The van der Waals surface area contributed by atoms with Gasteiger partial charge in [0, 0.05) is 24.1 Å². The van der Waals surface area contributed by atoms with Gasteiger partial charge >= 0.3 is 0 Å². The summed E-state index contributed by atoms with van der Waals surface area (Å²) in [6.07, 6.45) is 2.93. The van der Waals surface area contributed by atoms with E-state index in [0.717, 1.165) is 25.7 Å². The molecule has 1 saturated carbocycles. The third-order valence-electron chi connectivity index (χ3n) is 4.37. The molecule has 0 aromatic heterocycles. The van der Waals surface area contributed by atoms with Crippen LogP contribution >= 0.6 is 0 Å². The summed E-state index contributed by atoms with van der Waals surface area (Å²) in [5.41, 5.74) is 0.132. The number of aliphatic hydroxyl groups is 1. The van der Waals surface area contributed by atoms with E-state index in [0.29, 0.717) is 18.5 Å². The topological polar surface area (TPSA) is 40.5 Å². The lowest BCUT2D eigenvalue weighted by Crippen LogP contribution is -2.35. The maximum atomic E-state index is 14.1. The van der Waals surface area contributed by atoms with Crippen molar-refractivity contribution in [1.82, 2.24) is 4.90 Å². The van der Waals surface area contributed by atoms with E-state index >= 15 is 0 Å². The van der Waals surface area contributed by atoms with Gasteiger partial charge in [-0.3, -0.25) is 4.90 Å². The molecule has 0 amide bonds. The van der Waals surface area contributed by atoms with Gasteiger partial charge in [0.05, 0.1) is 12.1 Å². The van der Waals surface area contributed by atoms with Crippen molar-refractivity contribution in [2.24, 2.45) is 5.41 Å². The number of aliphatic hydroxyl groups excluding tert-OH is 1. The quantitative estimate of drug-likeness (QED) is 0.844. The Morgan fingerprint density at radius 3 is 2.68 bits per heavy atom. The molecule has 2 aliphatic rings. The predicted octanol–water partition coefficient (Wildman–Crippen LogP) is 1.91. The molecule has 4 heteroatoms. The molecule has 1 N–H and O–H groups in total. The largest absolute Gasteiger partial charge is 0.392 e. The van der Waals surface area contributed by atoms with Crippen LogP contribution in [-0.2, 0) is 4.79 Å². The van der Waals surface area contributed by atoms with E-state index in [2.05, 4.69) is 4.90 Å². The highest BCUT2D eigenvalue weighted by Crippen LogP contribution is 2.56. The first-order chi connectivity index (χ1) is 9.16. The van der Waals surface area contributed by atoms with Gasteiger partial charge in [0.2, 0.25) is 0 Å². The number of aldehydes is 1. The van der Waals surface area contributed by atoms with Gasteiger partial charge in [-0.1, -0.05) is 18.2 Å². The third-order valence-corrected chi connectivity index (χ3v) is 4.37. The zero-order chi connectivity index (χ0) is 13.5. The molecule has 0 bridgehead atoms. The molecule has 2 fully saturated rings. The van der Waals surface area contributed by atoms with Gasteiger partial charge in [-0.15, -0.1) is 0 Å². The van der Waals surface area contributed by atoms with Crippen LogP contribution in [0, 0.1) is 11.2 Å². The van der Waals surface area contributed by atoms with Crippen LogP contribution < -0.4 is 0 Å². The number of likely N-dealkylation sites (tertiary alicyclic amines) is 1. The Morgan fingerprint density at radius 2 is 2.16 bits per heavy atom. The maximum absolute atomic E-state index is 14.1. The van der Waals surface area contributed by atoms with Crippen LogP contribution in [0.4, 0.5) is 4.39 Å². The number of hydrogen-bond donors (Lipinski definition) is 1. The first-order valence-corrected chi connectivity index (χ1v) is 6.79. The molecule has 19 heavy (non-hydrogen) atoms. The van der Waals surface area contributed by atoms with Crippen molar-refractivity contribution >= 4 is 6.29 Å². The summed E-state index contributed by atoms with van der Waals surface area (Å²) >= 11 is 0. The SMILES string of the molecule is O=CC1(C(c2ccccc2F)N2CCC(O)C2)CC1. The molecule has 1 saturated heterocycles. The number of β-amino-alcohol motifs (C(OH)–C–C–N with tert-alkyl or cyclic N) is 1. The molecule has 3 nitrogen and oxygen atoms in total. The van der Waals surface area contributed by atoms with Crippen molar-refractivity contribution in [2.45, 2.75) is 31.4 Å². The number of hydrogen-bond acceptors (Lipinski definition) is 3. The van der Waals surface area contributed by atoms with E-state index in [4.69, 9.17) is 0 Å². The molecule has 3 rings (SSSR count).